The lowest BCUT2D eigenvalue weighted by Crippen LogP contribution is -2.34. The lowest BCUT2D eigenvalue weighted by atomic mass is 10.3. The largest absolute Gasteiger partial charge is 0.269 e. The van der Waals surface area contributed by atoms with Crippen LogP contribution in [0.15, 0.2) is 30.3 Å². The third kappa shape index (κ3) is 3.91. The Hall–Kier alpha value is -1.25. The Labute approximate surface area is 106 Å². The highest BCUT2D eigenvalue weighted by Crippen LogP contribution is 2.18. The Morgan fingerprint density at radius 1 is 1.29 bits per heavy atom. The van der Waals surface area contributed by atoms with Crippen molar-refractivity contribution in [2.45, 2.75) is 6.42 Å². The number of nitrogens with zero attached hydrogens (tertiary/aromatic N) is 2. The second-order valence-electron chi connectivity index (χ2n) is 3.32. The number of sulfonamides is 1. The molecule has 0 aliphatic rings. The van der Waals surface area contributed by atoms with E-state index >= 15 is 0 Å². The number of hydrogen-bond donors (Lipinski definition) is 0. The van der Waals surface area contributed by atoms with Gasteiger partial charge in [0.2, 0.25) is 10.0 Å². The predicted molar refractivity (Wildman–Crippen MR) is 68.5 cm³/mol. The number of rotatable bonds is 6. The van der Waals surface area contributed by atoms with Crippen molar-refractivity contribution in [1.29, 1.82) is 5.26 Å². The third-order valence-electron chi connectivity index (χ3n) is 2.14. The van der Waals surface area contributed by atoms with Gasteiger partial charge in [0, 0.05) is 12.4 Å². The van der Waals surface area contributed by atoms with Crippen LogP contribution in [-0.2, 0) is 10.0 Å². The highest BCUT2D eigenvalue weighted by molar-refractivity contribution is 7.92. The zero-order chi connectivity index (χ0) is 12.7. The maximum Gasteiger partial charge on any atom is 0.236 e. The number of anilines is 1. The number of alkyl halides is 1. The number of hydrogen-bond acceptors (Lipinski definition) is 3. The highest BCUT2D eigenvalue weighted by Gasteiger charge is 2.21. The van der Waals surface area contributed by atoms with Gasteiger partial charge in [-0.25, -0.2) is 8.42 Å². The van der Waals surface area contributed by atoms with E-state index in [2.05, 4.69) is 0 Å². The normalized spacial score (nSPS) is 10.8. The molecule has 0 aliphatic heterocycles. The zero-order valence-electron chi connectivity index (χ0n) is 9.21. The van der Waals surface area contributed by atoms with Gasteiger partial charge in [-0.3, -0.25) is 4.31 Å². The summed E-state index contributed by atoms with van der Waals surface area (Å²) in [4.78, 5) is 0. The number of para-hydroxylation sites is 1. The van der Waals surface area contributed by atoms with Crippen LogP contribution in [0.1, 0.15) is 6.42 Å². The van der Waals surface area contributed by atoms with Crippen LogP contribution in [0.4, 0.5) is 5.69 Å². The second kappa shape index (κ2) is 6.48. The fourth-order valence-electron chi connectivity index (χ4n) is 1.38. The fourth-order valence-corrected chi connectivity index (χ4v) is 3.20. The van der Waals surface area contributed by atoms with Crippen LogP contribution < -0.4 is 4.31 Å². The van der Waals surface area contributed by atoms with E-state index < -0.39 is 10.0 Å². The van der Waals surface area contributed by atoms with Gasteiger partial charge >= 0.3 is 0 Å². The minimum absolute atomic E-state index is 0.0399. The standard InChI is InChI=1S/C11H13ClN2O2S/c12-7-10-17(15,16)14(9-4-8-13)11-5-2-1-3-6-11/h1-3,5-6H,4,7,9-10H2. The summed E-state index contributed by atoms with van der Waals surface area (Å²) in [5.74, 6) is -0.0902. The summed E-state index contributed by atoms with van der Waals surface area (Å²) < 4.78 is 25.2. The van der Waals surface area contributed by atoms with E-state index in [-0.39, 0.29) is 24.6 Å². The molecule has 17 heavy (non-hydrogen) atoms. The smallest absolute Gasteiger partial charge is 0.236 e. The van der Waals surface area contributed by atoms with Crippen LogP contribution in [0.25, 0.3) is 0 Å². The molecule has 92 valence electrons. The number of halogens is 1. The average molecular weight is 273 g/mol. The van der Waals surface area contributed by atoms with E-state index in [4.69, 9.17) is 16.9 Å². The quantitative estimate of drug-likeness (QED) is 0.744. The minimum atomic E-state index is -3.45. The van der Waals surface area contributed by atoms with E-state index in [1.54, 1.807) is 30.3 Å². The molecule has 4 nitrogen and oxygen atoms in total. The van der Waals surface area contributed by atoms with E-state index in [1.165, 1.54) is 4.31 Å². The third-order valence-corrected chi connectivity index (χ3v) is 4.34. The number of nitriles is 1. The molecule has 0 heterocycles. The van der Waals surface area contributed by atoms with Crippen LogP contribution in [0.2, 0.25) is 0 Å². The Kier molecular flexibility index (Phi) is 5.26. The van der Waals surface area contributed by atoms with Gasteiger partial charge in [-0.15, -0.1) is 11.6 Å². The summed E-state index contributed by atoms with van der Waals surface area (Å²) in [6, 6.07) is 10.7. The van der Waals surface area contributed by atoms with Crippen molar-refractivity contribution in [3.05, 3.63) is 30.3 Å². The van der Waals surface area contributed by atoms with Crippen molar-refractivity contribution in [2.24, 2.45) is 0 Å². The van der Waals surface area contributed by atoms with E-state index in [0.717, 1.165) is 0 Å². The average Bonchev–Trinajstić information content (AvgIpc) is 2.30. The lowest BCUT2D eigenvalue weighted by Gasteiger charge is -2.22. The molecule has 0 N–H and O–H groups in total. The molecule has 1 aromatic rings. The molecule has 0 atom stereocenters. The van der Waals surface area contributed by atoms with E-state index in [0.29, 0.717) is 5.69 Å². The first-order valence-corrected chi connectivity index (χ1v) is 7.24. The minimum Gasteiger partial charge on any atom is -0.269 e. The van der Waals surface area contributed by atoms with Crippen molar-refractivity contribution in [3.8, 4) is 6.07 Å². The highest BCUT2D eigenvalue weighted by atomic mass is 35.5. The molecule has 0 fully saturated rings. The monoisotopic (exact) mass is 272 g/mol. The molecule has 0 amide bonds. The molecule has 0 spiro atoms. The molecule has 0 unspecified atom stereocenters. The molecule has 1 rings (SSSR count). The maximum atomic E-state index is 12.0. The molecule has 0 bridgehead atoms. The molecular weight excluding hydrogens is 260 g/mol. The molecule has 0 saturated carbocycles. The van der Waals surface area contributed by atoms with Crippen LogP contribution in [0, 0.1) is 11.3 Å². The van der Waals surface area contributed by atoms with E-state index in [1.807, 2.05) is 6.07 Å². The van der Waals surface area contributed by atoms with Gasteiger partial charge in [0.05, 0.1) is 23.9 Å². The van der Waals surface area contributed by atoms with Gasteiger partial charge in [-0.2, -0.15) is 5.26 Å². The first-order valence-electron chi connectivity index (χ1n) is 5.10. The Balaban J connectivity index is 3.01. The Morgan fingerprint density at radius 3 is 2.47 bits per heavy atom. The summed E-state index contributed by atoms with van der Waals surface area (Å²) in [5, 5.41) is 8.56. The first-order chi connectivity index (χ1) is 8.11. The topological polar surface area (TPSA) is 61.2 Å². The molecule has 0 saturated heterocycles. The van der Waals surface area contributed by atoms with Crippen molar-refractivity contribution in [3.63, 3.8) is 0 Å². The SMILES string of the molecule is N#CCCN(c1ccccc1)S(=O)(=O)CCCl. The fraction of sp³-hybridized carbons (Fsp3) is 0.364. The molecule has 0 radical (unpaired) electrons. The Bertz CT molecular complexity index is 482. The van der Waals surface area contributed by atoms with Crippen LogP contribution >= 0.6 is 11.6 Å². The lowest BCUT2D eigenvalue weighted by molar-refractivity contribution is 0.592. The summed E-state index contributed by atoms with van der Waals surface area (Å²) in [5.41, 5.74) is 0.563. The maximum absolute atomic E-state index is 12.0. The molecule has 0 aromatic heterocycles. The van der Waals surface area contributed by atoms with Gasteiger partial charge in [0.25, 0.3) is 0 Å². The van der Waals surface area contributed by atoms with Gasteiger partial charge in [-0.05, 0) is 12.1 Å². The van der Waals surface area contributed by atoms with Crippen LogP contribution in [-0.4, -0.2) is 26.6 Å². The van der Waals surface area contributed by atoms with E-state index in [9.17, 15) is 8.42 Å². The second-order valence-corrected chi connectivity index (χ2v) is 5.71. The summed E-state index contributed by atoms with van der Waals surface area (Å²) >= 11 is 5.48. The first kappa shape index (κ1) is 13.8. The molecule has 6 heteroatoms. The molecule has 1 aromatic carbocycles. The van der Waals surface area contributed by atoms with Gasteiger partial charge in [-0.1, -0.05) is 18.2 Å². The summed E-state index contributed by atoms with van der Waals surface area (Å²) in [7, 11) is -3.45. The van der Waals surface area contributed by atoms with Crippen LogP contribution in [0.5, 0.6) is 0 Å². The zero-order valence-corrected chi connectivity index (χ0v) is 10.8. The van der Waals surface area contributed by atoms with Crippen molar-refractivity contribution in [1.82, 2.24) is 0 Å². The molecule has 0 aliphatic carbocycles. The Morgan fingerprint density at radius 2 is 1.94 bits per heavy atom. The van der Waals surface area contributed by atoms with Gasteiger partial charge < -0.3 is 0 Å². The van der Waals surface area contributed by atoms with Gasteiger partial charge in [0.15, 0.2) is 0 Å². The summed E-state index contributed by atoms with van der Waals surface area (Å²) in [6.07, 6.45) is 0.149. The predicted octanol–water partition coefficient (Wildman–Crippen LogP) is 1.98. The van der Waals surface area contributed by atoms with Crippen molar-refractivity contribution >= 4 is 27.3 Å². The van der Waals surface area contributed by atoms with Crippen molar-refractivity contribution in [2.75, 3.05) is 22.5 Å². The van der Waals surface area contributed by atoms with Crippen molar-refractivity contribution < 1.29 is 8.42 Å². The number of benzene rings is 1. The summed E-state index contributed by atoms with van der Waals surface area (Å²) in [6.45, 7) is 0.153. The molecular formula is C11H13ClN2O2S. The van der Waals surface area contributed by atoms with Crippen LogP contribution in [0.3, 0.4) is 0 Å². The van der Waals surface area contributed by atoms with Gasteiger partial charge in [0.1, 0.15) is 0 Å².